The van der Waals surface area contributed by atoms with Crippen molar-refractivity contribution < 1.29 is 19.7 Å². The Balaban J connectivity index is 3.61. The molecule has 0 aromatic heterocycles. The molecule has 2 N–H and O–H groups in total. The predicted molar refractivity (Wildman–Crippen MR) is 143 cm³/mol. The lowest BCUT2D eigenvalue weighted by molar-refractivity contribution is -0.132. The molecule has 0 fully saturated rings. The highest BCUT2D eigenvalue weighted by Gasteiger charge is 2.36. The van der Waals surface area contributed by atoms with Gasteiger partial charge in [0.05, 0.1) is 6.10 Å². The van der Waals surface area contributed by atoms with Gasteiger partial charge in [-0.2, -0.15) is 0 Å². The van der Waals surface area contributed by atoms with Gasteiger partial charge in [-0.05, 0) is 35.7 Å². The Kier molecular flexibility index (Phi) is 12.1. The standard InChI is InChI=1S/C30H52O4/c1-10-12-14-16-18-22(19-17-15-13-11-2)27(33)25-24(32)20-23(29(4,5)6)28(34-21(3)31)26(25)30(7,8)9/h20,22,27,32-33H,10-19H2,1-9H3. The molecule has 4 heteroatoms. The molecule has 1 aromatic rings. The van der Waals surface area contributed by atoms with E-state index in [-0.39, 0.29) is 17.1 Å². The van der Waals surface area contributed by atoms with Crippen LogP contribution in [0.3, 0.4) is 0 Å². The summed E-state index contributed by atoms with van der Waals surface area (Å²) in [5, 5.41) is 23.1. The van der Waals surface area contributed by atoms with Crippen LogP contribution in [-0.4, -0.2) is 16.2 Å². The number of esters is 1. The fraction of sp³-hybridized carbons (Fsp3) is 0.767. The molecule has 0 bridgehead atoms. The summed E-state index contributed by atoms with van der Waals surface area (Å²) in [6.45, 7) is 18.1. The summed E-state index contributed by atoms with van der Waals surface area (Å²) < 4.78 is 5.82. The van der Waals surface area contributed by atoms with E-state index < -0.39 is 17.5 Å². The van der Waals surface area contributed by atoms with Crippen LogP contribution in [0.4, 0.5) is 0 Å². The average molecular weight is 477 g/mol. The number of rotatable bonds is 13. The van der Waals surface area contributed by atoms with E-state index in [0.29, 0.717) is 11.3 Å². The molecule has 0 aliphatic rings. The lowest BCUT2D eigenvalue weighted by Gasteiger charge is -2.35. The maximum atomic E-state index is 12.1. The third-order valence-corrected chi connectivity index (χ3v) is 6.70. The first-order chi connectivity index (χ1) is 15.8. The van der Waals surface area contributed by atoms with Crippen molar-refractivity contribution in [3.63, 3.8) is 0 Å². The summed E-state index contributed by atoms with van der Waals surface area (Å²) in [7, 11) is 0. The fourth-order valence-corrected chi connectivity index (χ4v) is 4.88. The maximum absolute atomic E-state index is 12.1. The van der Waals surface area contributed by atoms with Crippen molar-refractivity contribution in [2.45, 2.75) is 143 Å². The molecule has 0 aliphatic carbocycles. The fourth-order valence-electron chi connectivity index (χ4n) is 4.88. The van der Waals surface area contributed by atoms with Crippen LogP contribution in [-0.2, 0) is 15.6 Å². The first-order valence-electron chi connectivity index (χ1n) is 13.5. The van der Waals surface area contributed by atoms with Gasteiger partial charge in [-0.3, -0.25) is 4.79 Å². The summed E-state index contributed by atoms with van der Waals surface area (Å²) in [5.74, 6) is 0.268. The quantitative estimate of drug-likeness (QED) is 0.170. The van der Waals surface area contributed by atoms with Crippen molar-refractivity contribution in [2.24, 2.45) is 5.92 Å². The summed E-state index contributed by atoms with van der Waals surface area (Å²) in [5.41, 5.74) is 1.28. The number of aliphatic hydroxyl groups excluding tert-OH is 1. The number of carbonyl (C=O) groups is 1. The van der Waals surface area contributed by atoms with Crippen molar-refractivity contribution in [3.8, 4) is 11.5 Å². The molecule has 0 spiro atoms. The Hall–Kier alpha value is -1.55. The van der Waals surface area contributed by atoms with Gasteiger partial charge in [0.2, 0.25) is 0 Å². The molecule has 1 atom stereocenters. The van der Waals surface area contributed by atoms with Crippen LogP contribution >= 0.6 is 0 Å². The monoisotopic (exact) mass is 476 g/mol. The predicted octanol–water partition coefficient (Wildman–Crippen LogP) is 8.50. The molecule has 0 saturated carbocycles. The van der Waals surface area contributed by atoms with Gasteiger partial charge in [-0.15, -0.1) is 0 Å². The lowest BCUT2D eigenvalue weighted by Crippen LogP contribution is -2.25. The van der Waals surface area contributed by atoms with Gasteiger partial charge in [-0.1, -0.05) is 107 Å². The highest BCUT2D eigenvalue weighted by Crippen LogP contribution is 2.49. The van der Waals surface area contributed by atoms with Gasteiger partial charge >= 0.3 is 5.97 Å². The minimum atomic E-state index is -0.805. The average Bonchev–Trinajstić information content (AvgIpc) is 2.70. The normalized spacial score (nSPS) is 13.4. The first-order valence-corrected chi connectivity index (χ1v) is 13.5. The highest BCUT2D eigenvalue weighted by molar-refractivity contribution is 5.72. The number of phenolic OH excluding ortho intramolecular Hbond substituents is 1. The van der Waals surface area contributed by atoms with Crippen LogP contribution in [0.2, 0.25) is 0 Å². The number of phenols is 1. The summed E-state index contributed by atoms with van der Waals surface area (Å²) in [4.78, 5) is 12.1. The summed E-state index contributed by atoms with van der Waals surface area (Å²) in [6.07, 6.45) is 10.3. The van der Waals surface area contributed by atoms with Gasteiger partial charge in [0.25, 0.3) is 0 Å². The molecule has 0 heterocycles. The van der Waals surface area contributed by atoms with E-state index in [4.69, 9.17) is 4.74 Å². The summed E-state index contributed by atoms with van der Waals surface area (Å²) in [6, 6.07) is 1.71. The van der Waals surface area contributed by atoms with E-state index in [1.165, 1.54) is 32.6 Å². The Morgan fingerprint density at radius 1 is 0.882 bits per heavy atom. The van der Waals surface area contributed by atoms with Gasteiger partial charge in [0.15, 0.2) is 0 Å². The number of hydrogen-bond acceptors (Lipinski definition) is 4. The zero-order valence-electron chi connectivity index (χ0n) is 23.5. The van der Waals surface area contributed by atoms with Crippen molar-refractivity contribution >= 4 is 5.97 Å². The third kappa shape index (κ3) is 8.91. The SMILES string of the molecule is CCCCCCC(CCCCCC)C(O)c1c(O)cc(C(C)(C)C)c(OC(C)=O)c1C(C)(C)C. The van der Waals surface area contributed by atoms with E-state index in [1.54, 1.807) is 6.07 Å². The second kappa shape index (κ2) is 13.5. The van der Waals surface area contributed by atoms with Crippen molar-refractivity contribution in [3.05, 3.63) is 22.8 Å². The van der Waals surface area contributed by atoms with Crippen LogP contribution in [0, 0.1) is 5.92 Å². The third-order valence-electron chi connectivity index (χ3n) is 6.70. The number of benzene rings is 1. The second-order valence-corrected chi connectivity index (χ2v) is 12.1. The van der Waals surface area contributed by atoms with Crippen LogP contribution < -0.4 is 4.74 Å². The van der Waals surface area contributed by atoms with Crippen molar-refractivity contribution in [2.75, 3.05) is 0 Å². The zero-order valence-corrected chi connectivity index (χ0v) is 23.5. The molecule has 4 nitrogen and oxygen atoms in total. The Bertz CT molecular complexity index is 755. The van der Waals surface area contributed by atoms with Gasteiger partial charge in [-0.25, -0.2) is 0 Å². The molecule has 1 aromatic carbocycles. The Labute approximate surface area is 209 Å². The molecule has 34 heavy (non-hydrogen) atoms. The largest absolute Gasteiger partial charge is 0.508 e. The van der Waals surface area contributed by atoms with E-state index in [1.807, 2.05) is 20.8 Å². The zero-order chi connectivity index (χ0) is 26.1. The molecule has 0 radical (unpaired) electrons. The first kappa shape index (κ1) is 30.5. The number of ether oxygens (including phenoxy) is 1. The van der Waals surface area contributed by atoms with Crippen molar-refractivity contribution in [1.29, 1.82) is 0 Å². The second-order valence-electron chi connectivity index (χ2n) is 12.1. The van der Waals surface area contributed by atoms with Gasteiger partial charge < -0.3 is 14.9 Å². The number of aliphatic hydroxyl groups is 1. The molecular formula is C30H52O4. The molecule has 1 rings (SSSR count). The van der Waals surface area contributed by atoms with Crippen LogP contribution in [0.25, 0.3) is 0 Å². The number of aromatic hydroxyl groups is 1. The van der Waals surface area contributed by atoms with Gasteiger partial charge in [0.1, 0.15) is 11.5 Å². The molecule has 0 saturated heterocycles. The van der Waals surface area contributed by atoms with E-state index >= 15 is 0 Å². The molecule has 196 valence electrons. The smallest absolute Gasteiger partial charge is 0.308 e. The maximum Gasteiger partial charge on any atom is 0.308 e. The molecule has 0 amide bonds. The summed E-state index contributed by atoms with van der Waals surface area (Å²) >= 11 is 0. The lowest BCUT2D eigenvalue weighted by atomic mass is 9.73. The van der Waals surface area contributed by atoms with E-state index in [9.17, 15) is 15.0 Å². The van der Waals surface area contributed by atoms with Crippen LogP contribution in [0.15, 0.2) is 6.07 Å². The molecule has 0 aliphatic heterocycles. The number of hydrogen-bond donors (Lipinski definition) is 2. The Morgan fingerprint density at radius 2 is 1.38 bits per heavy atom. The minimum absolute atomic E-state index is 0.0615. The Morgan fingerprint density at radius 3 is 1.76 bits per heavy atom. The minimum Gasteiger partial charge on any atom is -0.508 e. The van der Waals surface area contributed by atoms with Gasteiger partial charge in [0, 0.05) is 23.6 Å². The van der Waals surface area contributed by atoms with Crippen molar-refractivity contribution in [1.82, 2.24) is 0 Å². The number of unbranched alkanes of at least 4 members (excludes halogenated alkanes) is 6. The highest BCUT2D eigenvalue weighted by atomic mass is 16.5. The van der Waals surface area contributed by atoms with E-state index in [2.05, 4.69) is 34.6 Å². The van der Waals surface area contributed by atoms with Crippen LogP contribution in [0.5, 0.6) is 11.5 Å². The topological polar surface area (TPSA) is 66.8 Å². The number of carbonyl (C=O) groups excluding carboxylic acids is 1. The van der Waals surface area contributed by atoms with E-state index in [0.717, 1.165) is 49.7 Å². The van der Waals surface area contributed by atoms with Crippen LogP contribution in [0.1, 0.15) is 149 Å². The molecule has 1 unspecified atom stereocenters. The molecular weight excluding hydrogens is 424 g/mol.